The molecule has 0 saturated carbocycles. The maximum Gasteiger partial charge on any atom is 0.303 e. The van der Waals surface area contributed by atoms with Crippen molar-refractivity contribution in [2.75, 3.05) is 6.54 Å². The lowest BCUT2D eigenvalue weighted by Crippen LogP contribution is -2.43. The van der Waals surface area contributed by atoms with Crippen LogP contribution in [0.4, 0.5) is 0 Å². The molecule has 0 aliphatic carbocycles. The highest BCUT2D eigenvalue weighted by molar-refractivity contribution is 7.09. The molecule has 1 fully saturated rings. The van der Waals surface area contributed by atoms with E-state index in [0.29, 0.717) is 18.5 Å². The summed E-state index contributed by atoms with van der Waals surface area (Å²) in [5.41, 5.74) is 2.58. The summed E-state index contributed by atoms with van der Waals surface area (Å²) in [6.45, 7) is 2.68. The van der Waals surface area contributed by atoms with Gasteiger partial charge in [0.2, 0.25) is 0 Å². The lowest BCUT2D eigenvalue weighted by molar-refractivity contribution is -0.137. The van der Waals surface area contributed by atoms with Crippen LogP contribution in [-0.2, 0) is 4.79 Å². The van der Waals surface area contributed by atoms with Gasteiger partial charge in [0.25, 0.3) is 5.91 Å². The van der Waals surface area contributed by atoms with Crippen LogP contribution in [0, 0.1) is 6.92 Å². The van der Waals surface area contributed by atoms with Crippen LogP contribution in [0.25, 0.3) is 11.3 Å². The van der Waals surface area contributed by atoms with Gasteiger partial charge in [0.1, 0.15) is 0 Å². The summed E-state index contributed by atoms with van der Waals surface area (Å²) in [5.74, 6) is -0.808. The van der Waals surface area contributed by atoms with Gasteiger partial charge in [-0.3, -0.25) is 9.59 Å². The van der Waals surface area contributed by atoms with Gasteiger partial charge in [0.05, 0.1) is 10.7 Å². The number of likely N-dealkylation sites (tertiary alicyclic amines) is 1. The Labute approximate surface area is 151 Å². The molecule has 1 saturated heterocycles. The van der Waals surface area contributed by atoms with Crippen LogP contribution in [0.1, 0.15) is 47.5 Å². The van der Waals surface area contributed by atoms with Gasteiger partial charge in [0, 0.05) is 35.5 Å². The summed E-state index contributed by atoms with van der Waals surface area (Å²) < 4.78 is 0. The number of piperidine rings is 1. The summed E-state index contributed by atoms with van der Waals surface area (Å²) in [6, 6.07) is 7.57. The van der Waals surface area contributed by atoms with Crippen molar-refractivity contribution in [1.82, 2.24) is 9.88 Å². The maximum atomic E-state index is 12.9. The number of aliphatic carboxylic acids is 1. The van der Waals surface area contributed by atoms with E-state index in [1.165, 1.54) is 0 Å². The van der Waals surface area contributed by atoms with Gasteiger partial charge in [-0.1, -0.05) is 12.1 Å². The lowest BCUT2D eigenvalue weighted by atomic mass is 9.96. The first-order chi connectivity index (χ1) is 12.0. The van der Waals surface area contributed by atoms with Crippen LogP contribution in [0.3, 0.4) is 0 Å². The molecular formula is C19H22N2O3S. The van der Waals surface area contributed by atoms with Crippen molar-refractivity contribution in [2.24, 2.45) is 0 Å². The summed E-state index contributed by atoms with van der Waals surface area (Å²) in [6.07, 6.45) is 3.55. The Kier molecular flexibility index (Phi) is 5.48. The number of amides is 1. The molecule has 1 N–H and O–H groups in total. The summed E-state index contributed by atoms with van der Waals surface area (Å²) in [5, 5.41) is 11.9. The molecule has 1 unspecified atom stereocenters. The number of hydrogen-bond acceptors (Lipinski definition) is 4. The van der Waals surface area contributed by atoms with Gasteiger partial charge in [-0.2, -0.15) is 0 Å². The van der Waals surface area contributed by atoms with Crippen LogP contribution < -0.4 is 0 Å². The number of aromatic nitrogens is 1. The number of hydrogen-bond donors (Lipinski definition) is 1. The number of carboxylic acid groups (broad SMARTS) is 1. The van der Waals surface area contributed by atoms with Gasteiger partial charge in [0.15, 0.2) is 0 Å². The van der Waals surface area contributed by atoms with Crippen LogP contribution in [0.2, 0.25) is 0 Å². The third-order valence-corrected chi connectivity index (χ3v) is 5.40. The van der Waals surface area contributed by atoms with Crippen molar-refractivity contribution >= 4 is 23.2 Å². The van der Waals surface area contributed by atoms with Crippen molar-refractivity contribution in [2.45, 2.75) is 45.1 Å². The first-order valence-electron chi connectivity index (χ1n) is 8.60. The molecule has 1 aliphatic heterocycles. The SMILES string of the molecule is Cc1nc(-c2ccc(C(=O)N3CCCCC3CCC(=O)O)cc2)cs1. The molecule has 0 bridgehead atoms. The van der Waals surface area contributed by atoms with Gasteiger partial charge in [-0.15, -0.1) is 11.3 Å². The van der Waals surface area contributed by atoms with E-state index in [1.807, 2.05) is 41.5 Å². The van der Waals surface area contributed by atoms with E-state index in [2.05, 4.69) is 4.98 Å². The molecule has 1 aromatic heterocycles. The van der Waals surface area contributed by atoms with Crippen LogP contribution in [0.15, 0.2) is 29.6 Å². The average molecular weight is 358 g/mol. The quantitative estimate of drug-likeness (QED) is 0.878. The minimum atomic E-state index is -0.805. The van der Waals surface area contributed by atoms with E-state index in [-0.39, 0.29) is 18.4 Å². The smallest absolute Gasteiger partial charge is 0.303 e. The first-order valence-corrected chi connectivity index (χ1v) is 9.48. The minimum absolute atomic E-state index is 0.00361. The van der Waals surface area contributed by atoms with Gasteiger partial charge in [-0.05, 0) is 44.7 Å². The highest BCUT2D eigenvalue weighted by atomic mass is 32.1. The van der Waals surface area contributed by atoms with Gasteiger partial charge < -0.3 is 10.0 Å². The fourth-order valence-corrected chi connectivity index (χ4v) is 3.93. The molecule has 0 spiro atoms. The van der Waals surface area contributed by atoms with Gasteiger partial charge >= 0.3 is 5.97 Å². The van der Waals surface area contributed by atoms with E-state index in [1.54, 1.807) is 11.3 Å². The standard InChI is InChI=1S/C19H22N2O3S/c1-13-20-17(12-25-13)14-5-7-15(8-6-14)19(24)21-11-3-2-4-16(21)9-10-18(22)23/h5-8,12,16H,2-4,9-11H2,1H3,(H,22,23). The monoisotopic (exact) mass is 358 g/mol. The highest BCUT2D eigenvalue weighted by Crippen LogP contribution is 2.25. The van der Waals surface area contributed by atoms with E-state index in [4.69, 9.17) is 5.11 Å². The van der Waals surface area contributed by atoms with Crippen LogP contribution in [0.5, 0.6) is 0 Å². The van der Waals surface area contributed by atoms with Crippen LogP contribution >= 0.6 is 11.3 Å². The van der Waals surface area contributed by atoms with Crippen molar-refractivity contribution < 1.29 is 14.7 Å². The van der Waals surface area contributed by atoms with Crippen molar-refractivity contribution in [3.05, 3.63) is 40.2 Å². The fraction of sp³-hybridized carbons (Fsp3) is 0.421. The number of aryl methyl sites for hydroxylation is 1. The van der Waals surface area contributed by atoms with Crippen molar-refractivity contribution in [1.29, 1.82) is 0 Å². The lowest BCUT2D eigenvalue weighted by Gasteiger charge is -2.35. The molecule has 2 heterocycles. The Morgan fingerprint density at radius 1 is 1.28 bits per heavy atom. The Balaban J connectivity index is 1.73. The molecule has 132 valence electrons. The molecule has 3 rings (SSSR count). The molecule has 5 nitrogen and oxygen atoms in total. The Morgan fingerprint density at radius 3 is 2.68 bits per heavy atom. The second kappa shape index (κ2) is 7.78. The zero-order chi connectivity index (χ0) is 17.8. The second-order valence-electron chi connectivity index (χ2n) is 6.41. The Hall–Kier alpha value is -2.21. The third-order valence-electron chi connectivity index (χ3n) is 4.63. The molecule has 1 amide bonds. The zero-order valence-corrected chi connectivity index (χ0v) is 15.1. The van der Waals surface area contributed by atoms with Crippen LogP contribution in [-0.4, -0.2) is 39.5 Å². The predicted octanol–water partition coefficient (Wildman–Crippen LogP) is 3.98. The molecule has 6 heteroatoms. The largest absolute Gasteiger partial charge is 0.481 e. The highest BCUT2D eigenvalue weighted by Gasteiger charge is 2.27. The number of rotatable bonds is 5. The number of carbonyl (C=O) groups is 2. The molecule has 1 aromatic carbocycles. The summed E-state index contributed by atoms with van der Waals surface area (Å²) in [4.78, 5) is 30.0. The van der Waals surface area contributed by atoms with E-state index < -0.39 is 5.97 Å². The summed E-state index contributed by atoms with van der Waals surface area (Å²) >= 11 is 1.61. The molecule has 1 aliphatic rings. The van der Waals surface area contributed by atoms with E-state index in [0.717, 1.165) is 35.5 Å². The number of thiazole rings is 1. The molecule has 2 aromatic rings. The predicted molar refractivity (Wildman–Crippen MR) is 97.8 cm³/mol. The first kappa shape index (κ1) is 17.6. The fourth-order valence-electron chi connectivity index (χ4n) is 3.30. The van der Waals surface area contributed by atoms with Gasteiger partial charge in [-0.25, -0.2) is 4.98 Å². The van der Waals surface area contributed by atoms with Crippen molar-refractivity contribution in [3.8, 4) is 11.3 Å². The molecule has 0 radical (unpaired) electrons. The van der Waals surface area contributed by atoms with Crippen molar-refractivity contribution in [3.63, 3.8) is 0 Å². The number of carbonyl (C=O) groups excluding carboxylic acids is 1. The number of carboxylic acids is 1. The molecular weight excluding hydrogens is 336 g/mol. The zero-order valence-electron chi connectivity index (χ0n) is 14.3. The van der Waals surface area contributed by atoms with E-state index >= 15 is 0 Å². The minimum Gasteiger partial charge on any atom is -0.481 e. The average Bonchev–Trinajstić information content (AvgIpc) is 3.06. The Morgan fingerprint density at radius 2 is 2.04 bits per heavy atom. The maximum absolute atomic E-state index is 12.9. The number of benzene rings is 1. The third kappa shape index (κ3) is 4.25. The number of nitrogens with zero attached hydrogens (tertiary/aromatic N) is 2. The normalized spacial score (nSPS) is 17.5. The molecule has 1 atom stereocenters. The van der Waals surface area contributed by atoms with E-state index in [9.17, 15) is 9.59 Å². The topological polar surface area (TPSA) is 70.5 Å². The summed E-state index contributed by atoms with van der Waals surface area (Å²) in [7, 11) is 0. The second-order valence-corrected chi connectivity index (χ2v) is 7.47. The molecule has 25 heavy (non-hydrogen) atoms. The Bertz CT molecular complexity index is 754.